The Morgan fingerprint density at radius 3 is 2.71 bits per heavy atom. The molecular weight excluding hydrogens is 370 g/mol. The molecule has 3 rings (SSSR count). The zero-order chi connectivity index (χ0) is 17.4. The van der Waals surface area contributed by atoms with Crippen LogP contribution in [0.5, 0.6) is 11.5 Å². The second-order valence-electron chi connectivity index (χ2n) is 6.13. The third kappa shape index (κ3) is 3.09. The second-order valence-corrected chi connectivity index (χ2v) is 7.04. The van der Waals surface area contributed by atoms with Crippen LogP contribution in [0.25, 0.3) is 6.08 Å². The number of aromatic hydroxyl groups is 1. The topological polar surface area (TPSA) is 49.8 Å². The summed E-state index contributed by atoms with van der Waals surface area (Å²) in [6, 6.07) is 9.27. The molecule has 0 bridgehead atoms. The lowest BCUT2D eigenvalue weighted by molar-refractivity contribution is 0.101. The Kier molecular flexibility index (Phi) is 4.47. The van der Waals surface area contributed by atoms with Gasteiger partial charge in [0.25, 0.3) is 0 Å². The highest BCUT2D eigenvalue weighted by molar-refractivity contribution is 9.10. The fourth-order valence-corrected chi connectivity index (χ4v) is 3.21. The average molecular weight is 388 g/mol. The molecule has 2 aromatic rings. The van der Waals surface area contributed by atoms with Gasteiger partial charge in [0.05, 0.1) is 11.1 Å². The van der Waals surface area contributed by atoms with E-state index in [1.807, 2.05) is 43.3 Å². The summed E-state index contributed by atoms with van der Waals surface area (Å²) in [5.74, 6) is 0.739. The fraction of sp³-hybridized carbons (Fsp3) is 0.211. The van der Waals surface area contributed by atoms with Crippen molar-refractivity contribution in [3.63, 3.8) is 0 Å². The van der Waals surface area contributed by atoms with Crippen molar-refractivity contribution >= 4 is 27.8 Å². The molecule has 1 aliphatic heterocycles. The maximum Gasteiger partial charge on any atom is 0.232 e. The zero-order valence-corrected chi connectivity index (χ0v) is 15.3. The van der Waals surface area contributed by atoms with Crippen molar-refractivity contribution in [1.82, 2.24) is 4.90 Å². The van der Waals surface area contributed by atoms with E-state index in [4.69, 9.17) is 4.74 Å². The Morgan fingerprint density at radius 2 is 2.04 bits per heavy atom. The number of fused-ring (bicyclic) bond motifs is 1. The number of phenols is 1. The van der Waals surface area contributed by atoms with Gasteiger partial charge in [-0.25, -0.2) is 0 Å². The molecule has 0 radical (unpaired) electrons. The summed E-state index contributed by atoms with van der Waals surface area (Å²) in [6.07, 6.45) is 1.73. The molecule has 0 saturated heterocycles. The number of carbonyl (C=O) groups is 1. The summed E-state index contributed by atoms with van der Waals surface area (Å²) in [5.41, 5.74) is 2.75. The molecule has 5 heteroatoms. The molecule has 0 spiro atoms. The lowest BCUT2D eigenvalue weighted by Gasteiger charge is -2.15. The van der Waals surface area contributed by atoms with Gasteiger partial charge in [-0.1, -0.05) is 28.1 Å². The number of rotatable bonds is 3. The Balaban J connectivity index is 2.08. The number of nitrogens with zero attached hydrogens (tertiary/aromatic N) is 1. The van der Waals surface area contributed by atoms with Crippen LogP contribution < -0.4 is 4.74 Å². The van der Waals surface area contributed by atoms with Gasteiger partial charge >= 0.3 is 0 Å². The van der Waals surface area contributed by atoms with Crippen LogP contribution in [0.2, 0.25) is 0 Å². The van der Waals surface area contributed by atoms with E-state index in [0.29, 0.717) is 29.0 Å². The number of halogens is 1. The molecule has 0 saturated carbocycles. The minimum absolute atomic E-state index is 0.149. The lowest BCUT2D eigenvalue weighted by atomic mass is 9.99. The first-order valence-corrected chi connectivity index (χ1v) is 8.36. The maximum atomic E-state index is 12.8. The number of Topliss-reactive ketones (excluding diaryl/α,β-unsaturated/α-hetero) is 1. The quantitative estimate of drug-likeness (QED) is 0.803. The molecular formula is C19H18BrNO3. The van der Waals surface area contributed by atoms with Crippen LogP contribution in [0, 0.1) is 6.92 Å². The Bertz CT molecular complexity index is 856. The van der Waals surface area contributed by atoms with Crippen LogP contribution in [0.4, 0.5) is 0 Å². The molecule has 0 unspecified atom stereocenters. The second kappa shape index (κ2) is 6.42. The van der Waals surface area contributed by atoms with Gasteiger partial charge in [0.15, 0.2) is 5.76 Å². The number of aryl methyl sites for hydroxylation is 1. The van der Waals surface area contributed by atoms with E-state index in [1.54, 1.807) is 19.1 Å². The van der Waals surface area contributed by atoms with Gasteiger partial charge in [-0.3, -0.25) is 4.79 Å². The summed E-state index contributed by atoms with van der Waals surface area (Å²) in [6.45, 7) is 2.30. The number of allylic oxidation sites excluding steroid dienone is 1. The van der Waals surface area contributed by atoms with Gasteiger partial charge in [0, 0.05) is 11.0 Å². The first-order valence-electron chi connectivity index (χ1n) is 7.57. The van der Waals surface area contributed by atoms with Crippen molar-refractivity contribution in [3.8, 4) is 11.5 Å². The first-order chi connectivity index (χ1) is 11.4. The average Bonchev–Trinajstić information content (AvgIpc) is 2.81. The molecule has 1 aliphatic rings. The van der Waals surface area contributed by atoms with Crippen molar-refractivity contribution in [2.45, 2.75) is 13.5 Å². The Hall–Kier alpha value is -2.11. The lowest BCUT2D eigenvalue weighted by Crippen LogP contribution is -2.12. The van der Waals surface area contributed by atoms with Gasteiger partial charge in [-0.05, 0) is 56.4 Å². The van der Waals surface area contributed by atoms with E-state index >= 15 is 0 Å². The molecule has 124 valence electrons. The first kappa shape index (κ1) is 16.7. The van der Waals surface area contributed by atoms with Gasteiger partial charge in [-0.2, -0.15) is 0 Å². The molecule has 0 fully saturated rings. The summed E-state index contributed by atoms with van der Waals surface area (Å²) in [5, 5.41) is 10.3. The third-order valence-electron chi connectivity index (χ3n) is 3.84. The molecule has 0 aromatic heterocycles. The summed E-state index contributed by atoms with van der Waals surface area (Å²) < 4.78 is 6.80. The van der Waals surface area contributed by atoms with Crippen LogP contribution >= 0.6 is 15.9 Å². The number of phenolic OH excluding ortho intramolecular Hbond substituents is 1. The van der Waals surface area contributed by atoms with Crippen LogP contribution in [0.1, 0.15) is 27.0 Å². The number of benzene rings is 2. The normalized spacial score (nSPS) is 15.0. The molecule has 24 heavy (non-hydrogen) atoms. The number of carbonyl (C=O) groups excluding carboxylic acids is 1. The van der Waals surface area contributed by atoms with Gasteiger partial charge in [0.1, 0.15) is 11.5 Å². The molecule has 0 aliphatic carbocycles. The highest BCUT2D eigenvalue weighted by Crippen LogP contribution is 2.42. The highest BCUT2D eigenvalue weighted by atomic mass is 79.9. The number of hydrogen-bond acceptors (Lipinski definition) is 4. The van der Waals surface area contributed by atoms with Gasteiger partial charge < -0.3 is 14.7 Å². The van der Waals surface area contributed by atoms with Crippen LogP contribution in [-0.2, 0) is 6.54 Å². The number of hydrogen-bond donors (Lipinski definition) is 1. The monoisotopic (exact) mass is 387 g/mol. The Labute approximate surface area is 149 Å². The molecule has 0 atom stereocenters. The van der Waals surface area contributed by atoms with E-state index in [0.717, 1.165) is 10.0 Å². The van der Waals surface area contributed by atoms with E-state index < -0.39 is 0 Å². The molecule has 4 nitrogen and oxygen atoms in total. The maximum absolute atomic E-state index is 12.8. The standard InChI is InChI=1S/C19H18BrNO3/c1-11-7-15(22)14(10-21(2)3)19-17(11)18(23)16(24-19)9-12-5-4-6-13(20)8-12/h4-9,22H,10H2,1-3H3/b16-9-. The van der Waals surface area contributed by atoms with E-state index in [-0.39, 0.29) is 17.3 Å². The smallest absolute Gasteiger partial charge is 0.232 e. The molecule has 0 amide bonds. The minimum atomic E-state index is -0.150. The van der Waals surface area contributed by atoms with Gasteiger partial charge in [-0.15, -0.1) is 0 Å². The van der Waals surface area contributed by atoms with Crippen LogP contribution in [0.3, 0.4) is 0 Å². The van der Waals surface area contributed by atoms with Crippen molar-refractivity contribution in [3.05, 3.63) is 62.8 Å². The Morgan fingerprint density at radius 1 is 1.29 bits per heavy atom. The van der Waals surface area contributed by atoms with Crippen LogP contribution in [0.15, 0.2) is 40.6 Å². The van der Waals surface area contributed by atoms with Crippen molar-refractivity contribution in [2.75, 3.05) is 14.1 Å². The minimum Gasteiger partial charge on any atom is -0.507 e. The van der Waals surface area contributed by atoms with Crippen molar-refractivity contribution in [1.29, 1.82) is 0 Å². The fourth-order valence-electron chi connectivity index (χ4n) is 2.80. The summed E-state index contributed by atoms with van der Waals surface area (Å²) in [4.78, 5) is 14.7. The van der Waals surface area contributed by atoms with Crippen molar-refractivity contribution < 1.29 is 14.6 Å². The third-order valence-corrected chi connectivity index (χ3v) is 4.33. The molecule has 1 N–H and O–H groups in total. The largest absolute Gasteiger partial charge is 0.507 e. The van der Waals surface area contributed by atoms with E-state index in [9.17, 15) is 9.90 Å². The predicted octanol–water partition coefficient (Wildman–Crippen LogP) is 4.14. The predicted molar refractivity (Wildman–Crippen MR) is 97.3 cm³/mol. The SMILES string of the molecule is Cc1cc(O)c(CN(C)C)c2c1C(=O)/C(=C/c1cccc(Br)c1)O2. The van der Waals surface area contributed by atoms with Gasteiger partial charge in [0.2, 0.25) is 5.78 Å². The van der Waals surface area contributed by atoms with Crippen LogP contribution in [-0.4, -0.2) is 29.9 Å². The van der Waals surface area contributed by atoms with Crippen molar-refractivity contribution in [2.24, 2.45) is 0 Å². The van der Waals surface area contributed by atoms with E-state index in [1.165, 1.54) is 0 Å². The number of ketones is 1. The summed E-state index contributed by atoms with van der Waals surface area (Å²) in [7, 11) is 3.81. The molecule has 2 aromatic carbocycles. The highest BCUT2D eigenvalue weighted by Gasteiger charge is 2.33. The molecule has 1 heterocycles. The number of ether oxygens (including phenoxy) is 1. The zero-order valence-electron chi connectivity index (χ0n) is 13.8. The summed E-state index contributed by atoms with van der Waals surface area (Å²) >= 11 is 3.42. The van der Waals surface area contributed by atoms with E-state index in [2.05, 4.69) is 15.9 Å².